The van der Waals surface area contributed by atoms with Crippen molar-refractivity contribution in [1.29, 1.82) is 0 Å². The van der Waals surface area contributed by atoms with E-state index in [1.54, 1.807) is 42.2 Å². The van der Waals surface area contributed by atoms with Crippen LogP contribution in [0.25, 0.3) is 0 Å². The largest absolute Gasteiger partial charge is 0.396 e. The molecule has 0 aliphatic carbocycles. The minimum absolute atomic E-state index is 0.00502. The number of hydrogen-bond donors (Lipinski definition) is 3. The Bertz CT molecular complexity index is 1000. The summed E-state index contributed by atoms with van der Waals surface area (Å²) in [6.07, 6.45) is 5.05. The maximum Gasteiger partial charge on any atom is 0.261 e. The van der Waals surface area contributed by atoms with E-state index in [1.807, 2.05) is 24.3 Å². The van der Waals surface area contributed by atoms with Crippen LogP contribution in [0.1, 0.15) is 30.9 Å². The number of nitrogens with one attached hydrogen (secondary N) is 1. The second-order valence-corrected chi connectivity index (χ2v) is 7.54. The van der Waals surface area contributed by atoms with Gasteiger partial charge < -0.3 is 15.5 Å². The summed E-state index contributed by atoms with van der Waals surface area (Å²) >= 11 is 0. The molecule has 2 aromatic carbocycles. The fraction of sp³-hybridized carbons (Fsp3) is 0.304. The standard InChI is InChI=1S/C23H24N2O4/c1-15(6-4-5-13-26)23(29)18-14-17(10-11-19(18)24-22(23)28)25-20-8-3-2-7-16(20)9-12-21(25)27/h2-4,6-8,10-11,14-15,26,29H,5,9,12-13H2,1H3,(H,24,28)/b6-4+/t15-,23+/m0/s1. The molecule has 0 unspecified atom stereocenters. The maximum atomic E-state index is 12.7. The van der Waals surface area contributed by atoms with Crippen LogP contribution in [0.3, 0.4) is 0 Å². The lowest BCUT2D eigenvalue weighted by Crippen LogP contribution is -2.40. The summed E-state index contributed by atoms with van der Waals surface area (Å²) in [5.74, 6) is -1.01. The van der Waals surface area contributed by atoms with E-state index in [0.717, 1.165) is 11.3 Å². The number of aliphatic hydroxyl groups is 2. The maximum absolute atomic E-state index is 12.7. The molecule has 6 nitrogen and oxygen atoms in total. The molecular formula is C23H24N2O4. The zero-order valence-corrected chi connectivity index (χ0v) is 16.3. The van der Waals surface area contributed by atoms with Crippen molar-refractivity contribution in [3.05, 3.63) is 65.7 Å². The van der Waals surface area contributed by atoms with Crippen molar-refractivity contribution in [1.82, 2.24) is 0 Å². The van der Waals surface area contributed by atoms with Crippen LogP contribution in [0.2, 0.25) is 0 Å². The molecule has 0 saturated carbocycles. The van der Waals surface area contributed by atoms with Crippen LogP contribution in [0, 0.1) is 5.92 Å². The molecule has 0 radical (unpaired) electrons. The number of benzene rings is 2. The van der Waals surface area contributed by atoms with Crippen LogP contribution >= 0.6 is 0 Å². The van der Waals surface area contributed by atoms with Crippen LogP contribution in [-0.4, -0.2) is 28.6 Å². The first-order valence-corrected chi connectivity index (χ1v) is 9.83. The number of aliphatic hydroxyl groups excluding tert-OH is 1. The Kier molecular flexibility index (Phi) is 4.98. The van der Waals surface area contributed by atoms with Gasteiger partial charge in [0, 0.05) is 35.9 Å². The van der Waals surface area contributed by atoms with Crippen molar-refractivity contribution < 1.29 is 19.8 Å². The van der Waals surface area contributed by atoms with Crippen LogP contribution in [0.15, 0.2) is 54.6 Å². The van der Waals surface area contributed by atoms with Gasteiger partial charge in [0.1, 0.15) is 0 Å². The summed E-state index contributed by atoms with van der Waals surface area (Å²) in [6.45, 7) is 1.77. The van der Waals surface area contributed by atoms with Gasteiger partial charge in [0.2, 0.25) is 5.91 Å². The minimum Gasteiger partial charge on any atom is -0.396 e. The van der Waals surface area contributed by atoms with Crippen molar-refractivity contribution in [3.63, 3.8) is 0 Å². The van der Waals surface area contributed by atoms with Crippen LogP contribution in [-0.2, 0) is 21.6 Å². The summed E-state index contributed by atoms with van der Waals surface area (Å²) < 4.78 is 0. The molecule has 2 aromatic rings. The van der Waals surface area contributed by atoms with E-state index in [0.29, 0.717) is 36.2 Å². The van der Waals surface area contributed by atoms with Crippen molar-refractivity contribution in [2.75, 3.05) is 16.8 Å². The lowest BCUT2D eigenvalue weighted by Gasteiger charge is -2.31. The molecule has 0 aromatic heterocycles. The number of nitrogens with zero attached hydrogens (tertiary/aromatic N) is 1. The highest BCUT2D eigenvalue weighted by Gasteiger charge is 2.49. The molecule has 2 atom stereocenters. The first kappa shape index (κ1) is 19.4. The normalized spacial score (nSPS) is 21.8. The molecule has 4 rings (SSSR count). The highest BCUT2D eigenvalue weighted by atomic mass is 16.3. The van der Waals surface area contributed by atoms with Crippen LogP contribution < -0.4 is 10.2 Å². The van der Waals surface area contributed by atoms with E-state index < -0.39 is 17.4 Å². The van der Waals surface area contributed by atoms with Crippen LogP contribution in [0.5, 0.6) is 0 Å². The Balaban J connectivity index is 1.77. The summed E-state index contributed by atoms with van der Waals surface area (Å²) in [4.78, 5) is 27.1. The number of carbonyl (C=O) groups is 2. The number of fused-ring (bicyclic) bond motifs is 2. The third kappa shape index (κ3) is 3.14. The van der Waals surface area contributed by atoms with Gasteiger partial charge >= 0.3 is 0 Å². The number of amides is 2. The lowest BCUT2D eigenvalue weighted by molar-refractivity contribution is -0.137. The van der Waals surface area contributed by atoms with E-state index in [1.165, 1.54) is 0 Å². The van der Waals surface area contributed by atoms with E-state index in [9.17, 15) is 14.7 Å². The van der Waals surface area contributed by atoms with Gasteiger partial charge in [-0.3, -0.25) is 14.5 Å². The second kappa shape index (κ2) is 7.46. The van der Waals surface area contributed by atoms with Crippen molar-refractivity contribution in [2.24, 2.45) is 5.92 Å². The molecule has 6 heteroatoms. The molecule has 29 heavy (non-hydrogen) atoms. The van der Waals surface area contributed by atoms with Gasteiger partial charge in [0.15, 0.2) is 5.60 Å². The summed E-state index contributed by atoms with van der Waals surface area (Å²) in [5.41, 5.74) is 1.81. The highest BCUT2D eigenvalue weighted by Crippen LogP contribution is 2.45. The van der Waals surface area contributed by atoms with Crippen molar-refractivity contribution >= 4 is 28.9 Å². The van der Waals surface area contributed by atoms with E-state index >= 15 is 0 Å². The summed E-state index contributed by atoms with van der Waals surface area (Å²) in [7, 11) is 0. The fourth-order valence-electron chi connectivity index (χ4n) is 4.11. The number of carbonyl (C=O) groups excluding carboxylic acids is 2. The van der Waals surface area contributed by atoms with Gasteiger partial charge in [-0.05, 0) is 42.7 Å². The Morgan fingerprint density at radius 1 is 1.21 bits per heavy atom. The average Bonchev–Trinajstić information content (AvgIpc) is 2.99. The van der Waals surface area contributed by atoms with Gasteiger partial charge in [-0.15, -0.1) is 0 Å². The summed E-state index contributed by atoms with van der Waals surface area (Å²) in [5, 5.41) is 23.1. The molecule has 150 valence electrons. The highest BCUT2D eigenvalue weighted by molar-refractivity contribution is 6.07. The van der Waals surface area contributed by atoms with Crippen molar-refractivity contribution in [3.8, 4) is 0 Å². The molecule has 2 amide bonds. The monoisotopic (exact) mass is 392 g/mol. The minimum atomic E-state index is -1.74. The number of rotatable bonds is 5. The molecule has 0 spiro atoms. The smallest absolute Gasteiger partial charge is 0.261 e. The van der Waals surface area contributed by atoms with E-state index in [4.69, 9.17) is 5.11 Å². The Labute approximate surface area is 169 Å². The van der Waals surface area contributed by atoms with Gasteiger partial charge in [-0.25, -0.2) is 0 Å². The van der Waals surface area contributed by atoms with E-state index in [-0.39, 0.29) is 12.5 Å². The average molecular weight is 392 g/mol. The number of aryl methyl sites for hydroxylation is 1. The first-order valence-electron chi connectivity index (χ1n) is 9.83. The first-order chi connectivity index (χ1) is 14.0. The zero-order chi connectivity index (χ0) is 20.6. The molecule has 2 heterocycles. The van der Waals surface area contributed by atoms with Crippen LogP contribution in [0.4, 0.5) is 17.1 Å². The second-order valence-electron chi connectivity index (χ2n) is 7.54. The molecule has 2 aliphatic rings. The van der Waals surface area contributed by atoms with E-state index in [2.05, 4.69) is 5.32 Å². The Morgan fingerprint density at radius 2 is 2.00 bits per heavy atom. The number of hydrogen-bond acceptors (Lipinski definition) is 4. The van der Waals surface area contributed by atoms with Crippen molar-refractivity contribution in [2.45, 2.75) is 31.8 Å². The quantitative estimate of drug-likeness (QED) is 0.683. The Hall–Kier alpha value is -2.96. The third-order valence-corrected chi connectivity index (χ3v) is 5.74. The molecule has 0 fully saturated rings. The molecule has 0 saturated heterocycles. The number of para-hydroxylation sites is 1. The van der Waals surface area contributed by atoms with Gasteiger partial charge in [0.05, 0.1) is 5.69 Å². The molecule has 3 N–H and O–H groups in total. The number of anilines is 3. The zero-order valence-electron chi connectivity index (χ0n) is 16.3. The van der Waals surface area contributed by atoms with Gasteiger partial charge in [-0.1, -0.05) is 37.3 Å². The summed E-state index contributed by atoms with van der Waals surface area (Å²) in [6, 6.07) is 13.0. The topological polar surface area (TPSA) is 89.9 Å². The Morgan fingerprint density at radius 3 is 2.79 bits per heavy atom. The SMILES string of the molecule is C[C@@H](/C=C/CCO)[C@]1(O)C(=O)Nc2ccc(N3C(=O)CCc4ccccc43)cc21. The fourth-order valence-corrected chi connectivity index (χ4v) is 4.11. The lowest BCUT2D eigenvalue weighted by atomic mass is 9.82. The van der Waals surface area contributed by atoms with Gasteiger partial charge in [0.25, 0.3) is 5.91 Å². The molecular weight excluding hydrogens is 368 g/mol. The third-order valence-electron chi connectivity index (χ3n) is 5.74. The van der Waals surface area contributed by atoms with Gasteiger partial charge in [-0.2, -0.15) is 0 Å². The molecule has 0 bridgehead atoms. The predicted octanol–water partition coefficient (Wildman–Crippen LogP) is 3.01. The predicted molar refractivity (Wildman–Crippen MR) is 111 cm³/mol. The molecule has 2 aliphatic heterocycles.